The molecule has 3 aromatic rings. The summed E-state index contributed by atoms with van der Waals surface area (Å²) >= 11 is 3.52. The summed E-state index contributed by atoms with van der Waals surface area (Å²) in [5.41, 5.74) is 1.92. The summed E-state index contributed by atoms with van der Waals surface area (Å²) in [6.07, 6.45) is -0.355. The number of benzene rings is 3. The van der Waals surface area contributed by atoms with Crippen LogP contribution < -0.4 is 0 Å². The van der Waals surface area contributed by atoms with Gasteiger partial charge in [0.1, 0.15) is 11.4 Å². The monoisotopic (exact) mass is 539 g/mol. The van der Waals surface area contributed by atoms with Crippen LogP contribution in [-0.4, -0.2) is 36.3 Å². The van der Waals surface area contributed by atoms with E-state index in [9.17, 15) is 9.18 Å². The van der Waals surface area contributed by atoms with Gasteiger partial charge in [0.05, 0.1) is 13.2 Å². The van der Waals surface area contributed by atoms with Crippen LogP contribution in [-0.2, 0) is 21.5 Å². The van der Waals surface area contributed by atoms with E-state index in [1.54, 1.807) is 4.90 Å². The normalized spacial score (nSPS) is 20.1. The molecule has 0 aromatic heterocycles. The Morgan fingerprint density at radius 2 is 1.69 bits per heavy atom. The molecule has 1 heterocycles. The molecule has 0 saturated carbocycles. The van der Waals surface area contributed by atoms with Gasteiger partial charge in [-0.2, -0.15) is 0 Å². The Bertz CT molecular complexity index is 1130. The fraction of sp³-hybridized carbons (Fsp3) is 0.345. The van der Waals surface area contributed by atoms with Crippen LogP contribution in [0.4, 0.5) is 9.18 Å². The maximum atomic E-state index is 13.9. The second kappa shape index (κ2) is 10.5. The van der Waals surface area contributed by atoms with Crippen LogP contribution in [0.5, 0.6) is 0 Å². The highest BCUT2D eigenvalue weighted by molar-refractivity contribution is 9.10. The zero-order valence-corrected chi connectivity index (χ0v) is 21.9. The van der Waals surface area contributed by atoms with Crippen LogP contribution in [0.1, 0.15) is 43.4 Å². The number of nitrogens with zero attached hydrogens (tertiary/aromatic N) is 1. The minimum atomic E-state index is -0.602. The van der Waals surface area contributed by atoms with Crippen LogP contribution in [0.25, 0.3) is 0 Å². The lowest BCUT2D eigenvalue weighted by molar-refractivity contribution is 0.0254. The molecule has 0 N–H and O–H groups in total. The van der Waals surface area contributed by atoms with Crippen LogP contribution >= 0.6 is 15.9 Å². The number of carbonyl (C=O) groups excluding carboxylic acids is 1. The van der Waals surface area contributed by atoms with Crippen molar-refractivity contribution >= 4 is 22.0 Å². The number of hydrogen-bond donors (Lipinski definition) is 0. The molecule has 4 rings (SSSR count). The van der Waals surface area contributed by atoms with Crippen LogP contribution in [0.3, 0.4) is 0 Å². The van der Waals surface area contributed by atoms with Gasteiger partial charge >= 0.3 is 6.09 Å². The first-order valence-electron chi connectivity index (χ1n) is 11.8. The summed E-state index contributed by atoms with van der Waals surface area (Å²) in [6.45, 7) is 7.29. The SMILES string of the molecule is CC(C)(C)OC(=O)N1C[C@@H](c2ccc(Br)cc2)[C@](COCc2ccccc2)(c2ccc(F)cc2)C1. The van der Waals surface area contributed by atoms with Gasteiger partial charge in [-0.3, -0.25) is 0 Å². The number of halogens is 2. The van der Waals surface area contributed by atoms with E-state index in [-0.39, 0.29) is 17.8 Å². The minimum absolute atomic E-state index is 0.0654. The summed E-state index contributed by atoms with van der Waals surface area (Å²) in [5, 5.41) is 0. The van der Waals surface area contributed by atoms with Crippen molar-refractivity contribution in [3.8, 4) is 0 Å². The van der Waals surface area contributed by atoms with Gasteiger partial charge in [0, 0.05) is 28.9 Å². The molecule has 3 aromatic carbocycles. The zero-order valence-electron chi connectivity index (χ0n) is 20.3. The van der Waals surface area contributed by atoms with E-state index >= 15 is 0 Å². The molecular formula is C29H31BrFNO3. The third-order valence-electron chi connectivity index (χ3n) is 6.36. The molecule has 1 aliphatic rings. The Balaban J connectivity index is 1.72. The molecule has 0 unspecified atom stereocenters. The minimum Gasteiger partial charge on any atom is -0.444 e. The van der Waals surface area contributed by atoms with Crippen molar-refractivity contribution in [2.75, 3.05) is 19.7 Å². The van der Waals surface area contributed by atoms with Gasteiger partial charge < -0.3 is 14.4 Å². The van der Waals surface area contributed by atoms with Crippen molar-refractivity contribution in [1.29, 1.82) is 0 Å². The maximum absolute atomic E-state index is 13.9. The van der Waals surface area contributed by atoms with Gasteiger partial charge in [0.2, 0.25) is 0 Å². The number of ether oxygens (including phenoxy) is 2. The van der Waals surface area contributed by atoms with Crippen molar-refractivity contribution in [2.24, 2.45) is 0 Å². The summed E-state index contributed by atoms with van der Waals surface area (Å²) in [5.74, 6) is -0.361. The highest BCUT2D eigenvalue weighted by atomic mass is 79.9. The van der Waals surface area contributed by atoms with E-state index < -0.39 is 11.0 Å². The molecule has 0 aliphatic carbocycles. The number of amides is 1. The van der Waals surface area contributed by atoms with Gasteiger partial charge in [-0.15, -0.1) is 0 Å². The van der Waals surface area contributed by atoms with E-state index in [0.29, 0.717) is 26.3 Å². The number of likely N-dealkylation sites (tertiary alicyclic amines) is 1. The first kappa shape index (κ1) is 25.4. The maximum Gasteiger partial charge on any atom is 0.410 e. The van der Waals surface area contributed by atoms with Crippen LogP contribution in [0.15, 0.2) is 83.3 Å². The molecule has 0 bridgehead atoms. The average molecular weight is 540 g/mol. The number of hydrogen-bond acceptors (Lipinski definition) is 3. The molecule has 184 valence electrons. The Labute approximate surface area is 215 Å². The summed E-state index contributed by atoms with van der Waals surface area (Å²) in [4.78, 5) is 14.9. The lowest BCUT2D eigenvalue weighted by Gasteiger charge is -2.35. The Morgan fingerprint density at radius 1 is 1.03 bits per heavy atom. The van der Waals surface area contributed by atoms with Crippen LogP contribution in [0.2, 0.25) is 0 Å². The Kier molecular flexibility index (Phi) is 7.62. The van der Waals surface area contributed by atoms with Gasteiger partial charge in [0.25, 0.3) is 0 Å². The summed E-state index contributed by atoms with van der Waals surface area (Å²) < 4.78 is 26.9. The summed E-state index contributed by atoms with van der Waals surface area (Å²) in [6, 6.07) is 24.7. The Morgan fingerprint density at radius 3 is 2.31 bits per heavy atom. The molecule has 0 spiro atoms. The largest absolute Gasteiger partial charge is 0.444 e. The van der Waals surface area contributed by atoms with E-state index in [4.69, 9.17) is 9.47 Å². The Hall–Kier alpha value is -2.70. The van der Waals surface area contributed by atoms with E-state index in [2.05, 4.69) is 28.1 Å². The molecular weight excluding hydrogens is 509 g/mol. The first-order chi connectivity index (χ1) is 16.7. The first-order valence-corrected chi connectivity index (χ1v) is 12.6. The third kappa shape index (κ3) is 6.11. The molecule has 6 heteroatoms. The van der Waals surface area contributed by atoms with E-state index in [1.165, 1.54) is 12.1 Å². The average Bonchev–Trinajstić information content (AvgIpc) is 3.20. The lowest BCUT2D eigenvalue weighted by Crippen LogP contribution is -2.41. The van der Waals surface area contributed by atoms with Crippen LogP contribution in [0, 0.1) is 5.82 Å². The molecule has 4 nitrogen and oxygen atoms in total. The van der Waals surface area contributed by atoms with Crippen molar-refractivity contribution in [3.63, 3.8) is 0 Å². The fourth-order valence-electron chi connectivity index (χ4n) is 4.72. The van der Waals surface area contributed by atoms with Crippen molar-refractivity contribution < 1.29 is 18.7 Å². The van der Waals surface area contributed by atoms with E-state index in [0.717, 1.165) is 21.2 Å². The van der Waals surface area contributed by atoms with E-state index in [1.807, 2.05) is 75.4 Å². The van der Waals surface area contributed by atoms with Crippen molar-refractivity contribution in [3.05, 3.63) is 106 Å². The predicted molar refractivity (Wildman–Crippen MR) is 139 cm³/mol. The topological polar surface area (TPSA) is 38.8 Å². The lowest BCUT2D eigenvalue weighted by atomic mass is 9.70. The quantitative estimate of drug-likeness (QED) is 0.336. The highest BCUT2D eigenvalue weighted by Crippen LogP contribution is 2.46. The fourth-order valence-corrected chi connectivity index (χ4v) is 4.99. The van der Waals surface area contributed by atoms with Gasteiger partial charge in [-0.25, -0.2) is 9.18 Å². The highest BCUT2D eigenvalue weighted by Gasteiger charge is 2.51. The van der Waals surface area contributed by atoms with Gasteiger partial charge in [0.15, 0.2) is 0 Å². The third-order valence-corrected chi connectivity index (χ3v) is 6.89. The second-order valence-electron chi connectivity index (χ2n) is 10.1. The van der Waals surface area contributed by atoms with Crippen molar-refractivity contribution in [2.45, 2.75) is 44.3 Å². The molecule has 1 saturated heterocycles. The van der Waals surface area contributed by atoms with Crippen molar-refractivity contribution in [1.82, 2.24) is 4.90 Å². The molecule has 1 amide bonds. The predicted octanol–water partition coefficient (Wildman–Crippen LogP) is 7.08. The van der Waals surface area contributed by atoms with Gasteiger partial charge in [-0.1, -0.05) is 70.5 Å². The molecule has 0 radical (unpaired) electrons. The second-order valence-corrected chi connectivity index (χ2v) is 11.0. The molecule has 1 aliphatic heterocycles. The zero-order chi connectivity index (χ0) is 25.1. The number of rotatable bonds is 6. The molecule has 2 atom stereocenters. The molecule has 1 fully saturated rings. The standard InChI is InChI=1S/C29H31BrFNO3/c1-28(2,3)35-27(33)32-17-26(22-9-13-24(30)14-10-22)29(19-32,23-11-15-25(31)16-12-23)20-34-18-21-7-5-4-6-8-21/h4-16,26H,17-20H2,1-3H3/t26-,29+/m0/s1. The smallest absolute Gasteiger partial charge is 0.410 e. The molecule has 35 heavy (non-hydrogen) atoms. The van der Waals surface area contributed by atoms with Gasteiger partial charge in [-0.05, 0) is 61.7 Å². The number of carbonyl (C=O) groups is 1. The summed E-state index contributed by atoms with van der Waals surface area (Å²) in [7, 11) is 0.